The molecule has 2 atom stereocenters. The Morgan fingerprint density at radius 1 is 1.29 bits per heavy atom. The minimum Gasteiger partial charge on any atom is -0.308 e. The number of nitrogens with zero attached hydrogens (tertiary/aromatic N) is 1. The van der Waals surface area contributed by atoms with Crippen LogP contribution in [0.25, 0.3) is 0 Å². The van der Waals surface area contributed by atoms with Crippen LogP contribution in [-0.4, -0.2) is 55.5 Å². The first kappa shape index (κ1) is 17.2. The van der Waals surface area contributed by atoms with Crippen LogP contribution in [0.15, 0.2) is 0 Å². The molecule has 2 rings (SSSR count). The van der Waals surface area contributed by atoms with Crippen LogP contribution in [0.5, 0.6) is 0 Å². The van der Waals surface area contributed by atoms with Gasteiger partial charge in [0.2, 0.25) is 0 Å². The van der Waals surface area contributed by atoms with Crippen LogP contribution >= 0.6 is 0 Å². The molecule has 4 nitrogen and oxygen atoms in total. The van der Waals surface area contributed by atoms with Crippen molar-refractivity contribution in [3.05, 3.63) is 0 Å². The van der Waals surface area contributed by atoms with Crippen LogP contribution in [0.4, 0.5) is 0 Å². The third-order valence-corrected chi connectivity index (χ3v) is 7.94. The first-order valence-electron chi connectivity index (χ1n) is 8.54. The predicted molar refractivity (Wildman–Crippen MR) is 88.3 cm³/mol. The lowest BCUT2D eigenvalue weighted by Crippen LogP contribution is -2.65. The van der Waals surface area contributed by atoms with Crippen molar-refractivity contribution in [1.82, 2.24) is 10.2 Å². The van der Waals surface area contributed by atoms with Gasteiger partial charge in [0, 0.05) is 31.2 Å². The minimum absolute atomic E-state index is 0.136. The number of nitrogens with one attached hydrogen (secondary N) is 1. The van der Waals surface area contributed by atoms with Gasteiger partial charge in [-0.2, -0.15) is 0 Å². The van der Waals surface area contributed by atoms with E-state index in [1.165, 1.54) is 0 Å². The first-order valence-corrected chi connectivity index (χ1v) is 10.3. The zero-order chi connectivity index (χ0) is 15.7. The van der Waals surface area contributed by atoms with Crippen molar-refractivity contribution in [3.8, 4) is 0 Å². The Balaban J connectivity index is 2.14. The highest BCUT2D eigenvalue weighted by Crippen LogP contribution is 2.28. The Morgan fingerprint density at radius 2 is 1.95 bits per heavy atom. The third kappa shape index (κ3) is 3.62. The second-order valence-electron chi connectivity index (χ2n) is 7.24. The Labute approximate surface area is 130 Å². The van der Waals surface area contributed by atoms with Crippen molar-refractivity contribution in [2.24, 2.45) is 5.92 Å². The van der Waals surface area contributed by atoms with Gasteiger partial charge < -0.3 is 5.32 Å². The molecule has 2 aliphatic heterocycles. The molecule has 124 valence electrons. The molecule has 2 fully saturated rings. The summed E-state index contributed by atoms with van der Waals surface area (Å²) in [4.78, 5) is 2.47. The highest BCUT2D eigenvalue weighted by molar-refractivity contribution is 7.92. The SMILES string of the molecule is CCC1(CC)CN(CC2CCCS2(=O)=O)C(C(C)C)CN1. The normalized spacial score (nSPS) is 32.6. The fraction of sp³-hybridized carbons (Fsp3) is 1.00. The molecule has 0 aliphatic carbocycles. The molecule has 0 aromatic rings. The number of hydrogen-bond acceptors (Lipinski definition) is 4. The fourth-order valence-corrected chi connectivity index (χ4v) is 5.76. The van der Waals surface area contributed by atoms with E-state index >= 15 is 0 Å². The largest absolute Gasteiger partial charge is 0.308 e. The minimum atomic E-state index is -2.85. The standard InChI is InChI=1S/C16H32N2O2S/c1-5-16(6-2)12-18(15(10-17-16)13(3)4)11-14-8-7-9-21(14,19)20/h13-15,17H,5-12H2,1-4H3. The lowest BCUT2D eigenvalue weighted by molar-refractivity contribution is 0.0503. The van der Waals surface area contributed by atoms with Gasteiger partial charge in [-0.15, -0.1) is 0 Å². The van der Waals surface area contributed by atoms with Gasteiger partial charge >= 0.3 is 0 Å². The van der Waals surface area contributed by atoms with E-state index in [9.17, 15) is 8.42 Å². The molecule has 21 heavy (non-hydrogen) atoms. The van der Waals surface area contributed by atoms with Crippen molar-refractivity contribution in [3.63, 3.8) is 0 Å². The van der Waals surface area contributed by atoms with Gasteiger partial charge in [-0.1, -0.05) is 27.7 Å². The van der Waals surface area contributed by atoms with Crippen LogP contribution in [0.1, 0.15) is 53.4 Å². The van der Waals surface area contributed by atoms with E-state index < -0.39 is 9.84 Å². The number of piperazine rings is 1. The van der Waals surface area contributed by atoms with Gasteiger partial charge in [0.15, 0.2) is 9.84 Å². The first-order chi connectivity index (χ1) is 9.83. The summed E-state index contributed by atoms with van der Waals surface area (Å²) in [6.45, 7) is 11.6. The summed E-state index contributed by atoms with van der Waals surface area (Å²) < 4.78 is 24.3. The second kappa shape index (κ2) is 6.55. The van der Waals surface area contributed by atoms with Gasteiger partial charge in [-0.3, -0.25) is 4.90 Å². The van der Waals surface area contributed by atoms with Crippen molar-refractivity contribution in [1.29, 1.82) is 0 Å². The zero-order valence-corrected chi connectivity index (χ0v) is 14.9. The van der Waals surface area contributed by atoms with Gasteiger partial charge in [0.25, 0.3) is 0 Å². The van der Waals surface area contributed by atoms with E-state index in [1.807, 2.05) is 0 Å². The third-order valence-electron chi connectivity index (χ3n) is 5.69. The monoisotopic (exact) mass is 316 g/mol. The molecule has 2 saturated heterocycles. The maximum absolute atomic E-state index is 12.2. The molecular weight excluding hydrogens is 284 g/mol. The van der Waals surface area contributed by atoms with E-state index in [-0.39, 0.29) is 10.8 Å². The average Bonchev–Trinajstić information content (AvgIpc) is 2.77. The summed E-state index contributed by atoms with van der Waals surface area (Å²) in [7, 11) is -2.85. The number of sulfone groups is 1. The van der Waals surface area contributed by atoms with Crippen molar-refractivity contribution < 1.29 is 8.42 Å². The molecule has 2 unspecified atom stereocenters. The second-order valence-corrected chi connectivity index (χ2v) is 9.64. The average molecular weight is 317 g/mol. The number of hydrogen-bond donors (Lipinski definition) is 1. The zero-order valence-electron chi connectivity index (χ0n) is 14.1. The summed E-state index contributed by atoms with van der Waals surface area (Å²) >= 11 is 0. The van der Waals surface area contributed by atoms with E-state index in [2.05, 4.69) is 37.9 Å². The Morgan fingerprint density at radius 3 is 2.43 bits per heavy atom. The van der Waals surface area contributed by atoms with Crippen molar-refractivity contribution in [2.75, 3.05) is 25.4 Å². The molecule has 2 aliphatic rings. The lowest BCUT2D eigenvalue weighted by atomic mass is 9.86. The molecule has 0 amide bonds. The Bertz CT molecular complexity index is 443. The van der Waals surface area contributed by atoms with Crippen molar-refractivity contribution >= 4 is 9.84 Å². The van der Waals surface area contributed by atoms with Crippen LogP contribution in [0.2, 0.25) is 0 Å². The maximum atomic E-state index is 12.2. The van der Waals surface area contributed by atoms with E-state index in [4.69, 9.17) is 0 Å². The van der Waals surface area contributed by atoms with Crippen molar-refractivity contribution in [2.45, 2.75) is 70.2 Å². The fourth-order valence-electron chi connectivity index (χ4n) is 3.92. The summed E-state index contributed by atoms with van der Waals surface area (Å²) in [5.74, 6) is 0.941. The number of rotatable bonds is 5. The molecule has 1 N–H and O–H groups in total. The van der Waals surface area contributed by atoms with Gasteiger partial charge in [0.1, 0.15) is 0 Å². The maximum Gasteiger partial charge on any atom is 0.154 e. The van der Waals surface area contributed by atoms with E-state index in [1.54, 1.807) is 0 Å². The highest BCUT2D eigenvalue weighted by Gasteiger charge is 2.41. The van der Waals surface area contributed by atoms with Crippen LogP contribution in [0, 0.1) is 5.92 Å². The predicted octanol–water partition coefficient (Wildman–Crippen LogP) is 2.05. The summed E-state index contributed by atoms with van der Waals surface area (Å²) in [5.41, 5.74) is 0.160. The Hall–Kier alpha value is -0.130. The smallest absolute Gasteiger partial charge is 0.154 e. The van der Waals surface area contributed by atoms with Crippen LogP contribution in [0.3, 0.4) is 0 Å². The molecule has 0 radical (unpaired) electrons. The van der Waals surface area contributed by atoms with Gasteiger partial charge in [-0.05, 0) is 31.6 Å². The molecule has 5 heteroatoms. The topological polar surface area (TPSA) is 49.4 Å². The molecule has 0 aromatic heterocycles. The summed E-state index contributed by atoms with van der Waals surface area (Å²) in [6, 6.07) is 0.451. The lowest BCUT2D eigenvalue weighted by Gasteiger charge is -2.49. The van der Waals surface area contributed by atoms with E-state index in [0.29, 0.717) is 17.7 Å². The molecule has 0 saturated carbocycles. The van der Waals surface area contributed by atoms with E-state index in [0.717, 1.165) is 45.3 Å². The summed E-state index contributed by atoms with van der Waals surface area (Å²) in [5, 5.41) is 3.61. The van der Waals surface area contributed by atoms with Gasteiger partial charge in [0.05, 0.1) is 11.0 Å². The molecule has 2 heterocycles. The molecule has 0 bridgehead atoms. The van der Waals surface area contributed by atoms with Gasteiger partial charge in [-0.25, -0.2) is 8.42 Å². The molecule has 0 spiro atoms. The summed E-state index contributed by atoms with van der Waals surface area (Å²) in [6.07, 6.45) is 3.89. The van der Waals surface area contributed by atoms with Crippen LogP contribution < -0.4 is 5.32 Å². The quantitative estimate of drug-likeness (QED) is 0.843. The highest BCUT2D eigenvalue weighted by atomic mass is 32.2. The molecule has 0 aromatic carbocycles. The molecular formula is C16H32N2O2S. The Kier molecular flexibility index (Phi) is 5.37. The van der Waals surface area contributed by atoms with Crippen LogP contribution in [-0.2, 0) is 9.84 Å².